The molecule has 4 aromatic heterocycles. The molecule has 1 amide bonds. The first-order valence-corrected chi connectivity index (χ1v) is 11.6. The molecule has 0 aliphatic carbocycles. The van der Waals surface area contributed by atoms with Gasteiger partial charge in [0.2, 0.25) is 5.91 Å². The fourth-order valence-corrected chi connectivity index (χ4v) is 4.19. The van der Waals surface area contributed by atoms with Crippen molar-refractivity contribution in [3.8, 4) is 11.1 Å². The Morgan fingerprint density at radius 1 is 1.03 bits per heavy atom. The van der Waals surface area contributed by atoms with E-state index in [1.54, 1.807) is 29.3 Å². The number of hydrogen-bond acceptors (Lipinski definition) is 6. The number of carbonyl (C=O) groups excluding carboxylic acids is 2. The fourth-order valence-electron chi connectivity index (χ4n) is 4.19. The molecule has 9 nitrogen and oxygen atoms in total. The molecule has 0 spiro atoms. The van der Waals surface area contributed by atoms with Crippen LogP contribution in [0.15, 0.2) is 73.7 Å². The van der Waals surface area contributed by atoms with E-state index in [-0.39, 0.29) is 24.3 Å². The minimum absolute atomic E-state index is 0.0378. The molecule has 5 rings (SSSR count). The molecule has 1 N–H and O–H groups in total. The predicted molar refractivity (Wildman–Crippen MR) is 137 cm³/mol. The first kappa shape index (κ1) is 23.1. The van der Waals surface area contributed by atoms with Crippen molar-refractivity contribution >= 4 is 28.4 Å². The van der Waals surface area contributed by atoms with Gasteiger partial charge in [0.1, 0.15) is 18.5 Å². The van der Waals surface area contributed by atoms with Crippen LogP contribution >= 0.6 is 0 Å². The topological polar surface area (TPSA) is 108 Å². The van der Waals surface area contributed by atoms with Crippen LogP contribution in [0.3, 0.4) is 0 Å². The molecule has 36 heavy (non-hydrogen) atoms. The van der Waals surface area contributed by atoms with Crippen LogP contribution in [0.4, 0.5) is 5.69 Å². The quantitative estimate of drug-likeness (QED) is 0.346. The van der Waals surface area contributed by atoms with Crippen LogP contribution in [-0.2, 0) is 11.3 Å². The van der Waals surface area contributed by atoms with Crippen molar-refractivity contribution < 1.29 is 9.59 Å². The summed E-state index contributed by atoms with van der Waals surface area (Å²) in [6, 6.07) is 11.7. The van der Waals surface area contributed by atoms with Crippen molar-refractivity contribution in [2.45, 2.75) is 33.4 Å². The first-order chi connectivity index (χ1) is 17.4. The van der Waals surface area contributed by atoms with Gasteiger partial charge in [-0.15, -0.1) is 0 Å². The van der Waals surface area contributed by atoms with Gasteiger partial charge in [0.15, 0.2) is 5.78 Å². The number of anilines is 1. The molecule has 1 aromatic carbocycles. The molecule has 180 valence electrons. The summed E-state index contributed by atoms with van der Waals surface area (Å²) in [6.45, 7) is 6.02. The van der Waals surface area contributed by atoms with Crippen LogP contribution in [0.2, 0.25) is 0 Å². The third kappa shape index (κ3) is 4.38. The van der Waals surface area contributed by atoms with E-state index in [2.05, 4.69) is 25.4 Å². The summed E-state index contributed by atoms with van der Waals surface area (Å²) in [7, 11) is 0. The lowest BCUT2D eigenvalue weighted by atomic mass is 10.1. The van der Waals surface area contributed by atoms with Crippen LogP contribution in [0.1, 0.15) is 41.5 Å². The van der Waals surface area contributed by atoms with Gasteiger partial charge in [-0.05, 0) is 32.4 Å². The zero-order chi connectivity index (χ0) is 25.2. The lowest BCUT2D eigenvalue weighted by Gasteiger charge is -2.08. The average molecular weight is 480 g/mol. The molecule has 0 bridgehead atoms. The van der Waals surface area contributed by atoms with Crippen molar-refractivity contribution in [1.29, 1.82) is 0 Å². The van der Waals surface area contributed by atoms with Gasteiger partial charge in [-0.1, -0.05) is 30.3 Å². The van der Waals surface area contributed by atoms with Gasteiger partial charge in [-0.2, -0.15) is 5.10 Å². The highest BCUT2D eigenvalue weighted by atomic mass is 16.2. The van der Waals surface area contributed by atoms with E-state index in [4.69, 9.17) is 0 Å². The highest BCUT2D eigenvalue weighted by Gasteiger charge is 2.20. The second-order valence-corrected chi connectivity index (χ2v) is 8.81. The molecule has 5 aromatic rings. The molecule has 0 unspecified atom stereocenters. The summed E-state index contributed by atoms with van der Waals surface area (Å²) in [5, 5.41) is 7.88. The summed E-state index contributed by atoms with van der Waals surface area (Å²) in [5.74, 6) is -0.481. The van der Waals surface area contributed by atoms with Crippen LogP contribution in [0, 0.1) is 6.92 Å². The fraction of sp³-hybridized carbons (Fsp3) is 0.185. The third-order valence-corrected chi connectivity index (χ3v) is 6.06. The largest absolute Gasteiger partial charge is 0.329 e. The number of nitrogens with zero attached hydrogens (tertiary/aromatic N) is 6. The summed E-state index contributed by atoms with van der Waals surface area (Å²) in [5.41, 5.74) is 4.89. The van der Waals surface area contributed by atoms with Crippen LogP contribution in [0.25, 0.3) is 22.2 Å². The van der Waals surface area contributed by atoms with E-state index in [1.807, 2.05) is 55.7 Å². The number of ketones is 1. The smallest absolute Gasteiger partial charge is 0.246 e. The maximum absolute atomic E-state index is 13.4. The van der Waals surface area contributed by atoms with E-state index in [0.29, 0.717) is 27.8 Å². The highest BCUT2D eigenvalue weighted by Crippen LogP contribution is 2.25. The number of fused-ring (bicyclic) bond motifs is 1. The molecule has 4 heterocycles. The van der Waals surface area contributed by atoms with Crippen LogP contribution in [-0.4, -0.2) is 41.0 Å². The number of nitrogens with one attached hydrogen (secondary N) is 1. The monoisotopic (exact) mass is 479 g/mol. The lowest BCUT2D eigenvalue weighted by Crippen LogP contribution is -2.20. The molecule has 0 fully saturated rings. The number of amides is 1. The minimum Gasteiger partial charge on any atom is -0.329 e. The summed E-state index contributed by atoms with van der Waals surface area (Å²) < 4.78 is 3.60. The van der Waals surface area contributed by atoms with Gasteiger partial charge >= 0.3 is 0 Å². The van der Waals surface area contributed by atoms with Crippen LogP contribution < -0.4 is 5.32 Å². The Bertz CT molecular complexity index is 1570. The second kappa shape index (κ2) is 9.53. The summed E-state index contributed by atoms with van der Waals surface area (Å²) >= 11 is 0. The maximum atomic E-state index is 13.4. The van der Waals surface area contributed by atoms with E-state index >= 15 is 0 Å². The highest BCUT2D eigenvalue weighted by molar-refractivity contribution is 6.16. The molecule has 0 aliphatic rings. The van der Waals surface area contributed by atoms with Crippen molar-refractivity contribution in [1.82, 2.24) is 29.3 Å². The summed E-state index contributed by atoms with van der Waals surface area (Å²) in [4.78, 5) is 38.8. The van der Waals surface area contributed by atoms with E-state index in [9.17, 15) is 9.59 Å². The number of rotatable bonds is 7. The van der Waals surface area contributed by atoms with Gasteiger partial charge in [0.25, 0.3) is 0 Å². The third-order valence-electron chi connectivity index (χ3n) is 6.06. The van der Waals surface area contributed by atoms with E-state index in [1.165, 1.54) is 18.7 Å². The molecule has 0 saturated heterocycles. The molecular formula is C27H25N7O2. The number of aromatic nitrogens is 6. The predicted octanol–water partition coefficient (Wildman–Crippen LogP) is 4.45. The maximum Gasteiger partial charge on any atom is 0.246 e. The zero-order valence-electron chi connectivity index (χ0n) is 20.2. The average Bonchev–Trinajstić information content (AvgIpc) is 3.45. The summed E-state index contributed by atoms with van der Waals surface area (Å²) in [6.07, 6.45) is 9.67. The molecule has 0 atom stereocenters. The Kier molecular flexibility index (Phi) is 6.12. The number of hydrogen-bond donors (Lipinski definition) is 1. The Hall–Kier alpha value is -4.66. The lowest BCUT2D eigenvalue weighted by molar-refractivity contribution is -0.116. The van der Waals surface area contributed by atoms with Crippen molar-refractivity contribution in [3.63, 3.8) is 0 Å². The van der Waals surface area contributed by atoms with E-state index < -0.39 is 0 Å². The Morgan fingerprint density at radius 2 is 1.83 bits per heavy atom. The SMILES string of the molecule is Cc1c(-c2ccccc2)cnn1CC(=O)Nc1cncc(C(=O)c2cn(C(C)C)c3ncncc23)c1. The van der Waals surface area contributed by atoms with Gasteiger partial charge in [0, 0.05) is 46.8 Å². The molecule has 0 radical (unpaired) electrons. The van der Waals surface area contributed by atoms with Crippen molar-refractivity contribution in [2.24, 2.45) is 0 Å². The van der Waals surface area contributed by atoms with Gasteiger partial charge in [-0.3, -0.25) is 19.3 Å². The molecule has 0 aliphatic heterocycles. The van der Waals surface area contributed by atoms with Crippen LogP contribution in [0.5, 0.6) is 0 Å². The minimum atomic E-state index is -0.267. The molecular weight excluding hydrogens is 454 g/mol. The van der Waals surface area contributed by atoms with Gasteiger partial charge < -0.3 is 9.88 Å². The number of benzene rings is 1. The van der Waals surface area contributed by atoms with Gasteiger partial charge in [-0.25, -0.2) is 9.97 Å². The van der Waals surface area contributed by atoms with E-state index in [0.717, 1.165) is 16.8 Å². The number of pyridine rings is 1. The Labute approximate surface area is 207 Å². The standard InChI is InChI=1S/C27H25N7O2/c1-17(2)33-14-24(23-12-29-16-30-27(23)33)26(36)20-9-21(11-28-10-20)32-25(35)15-34-18(3)22(13-31-34)19-7-5-4-6-8-19/h4-14,16-17H,15H2,1-3H3,(H,32,35). The van der Waals surface area contributed by atoms with Gasteiger partial charge in [0.05, 0.1) is 23.6 Å². The molecule has 9 heteroatoms. The second-order valence-electron chi connectivity index (χ2n) is 8.81. The number of carbonyl (C=O) groups is 2. The van der Waals surface area contributed by atoms with Crippen molar-refractivity contribution in [3.05, 3.63) is 90.5 Å². The Morgan fingerprint density at radius 3 is 2.61 bits per heavy atom. The Balaban J connectivity index is 1.35. The zero-order valence-corrected chi connectivity index (χ0v) is 20.2. The first-order valence-electron chi connectivity index (χ1n) is 11.6. The van der Waals surface area contributed by atoms with Crippen molar-refractivity contribution in [2.75, 3.05) is 5.32 Å². The molecule has 0 saturated carbocycles. The normalized spacial score (nSPS) is 11.2.